The number of hydrogen-bond donors (Lipinski definition) is 0. The van der Waals surface area contributed by atoms with E-state index in [2.05, 4.69) is 16.3 Å². The maximum Gasteiger partial charge on any atom is 0.272 e. The van der Waals surface area contributed by atoms with Crippen LogP contribution in [0.15, 0.2) is 34.9 Å². The van der Waals surface area contributed by atoms with E-state index in [1.165, 1.54) is 0 Å². The summed E-state index contributed by atoms with van der Waals surface area (Å²) < 4.78 is 32.2. The molecule has 0 unspecified atom stereocenters. The lowest BCUT2D eigenvalue weighted by atomic mass is 10.0. The summed E-state index contributed by atoms with van der Waals surface area (Å²) in [4.78, 5) is 15.1. The number of carbonyl (C=O) groups excluding carboxylic acids is 1. The molecule has 3 heterocycles. The second-order valence-electron chi connectivity index (χ2n) is 9.87. The molecule has 2 fully saturated rings. The maximum absolute atomic E-state index is 13.4. The number of fused-ring (bicyclic) bond motifs is 1. The Kier molecular flexibility index (Phi) is 4.90. The van der Waals surface area contributed by atoms with E-state index in [1.54, 1.807) is 28.8 Å². The van der Waals surface area contributed by atoms with E-state index in [9.17, 15) is 13.2 Å². The fourth-order valence-electron chi connectivity index (χ4n) is 5.08. The summed E-state index contributed by atoms with van der Waals surface area (Å²) in [7, 11) is -1.45. The molecule has 2 aromatic heterocycles. The zero-order valence-electron chi connectivity index (χ0n) is 19.4. The number of sulfone groups is 1. The van der Waals surface area contributed by atoms with Gasteiger partial charge in [-0.05, 0) is 49.8 Å². The van der Waals surface area contributed by atoms with Crippen LogP contribution in [0, 0.1) is 11.3 Å². The van der Waals surface area contributed by atoms with Gasteiger partial charge in [0.2, 0.25) is 0 Å². The predicted molar refractivity (Wildman–Crippen MR) is 126 cm³/mol. The highest BCUT2D eigenvalue weighted by Gasteiger charge is 2.60. The minimum Gasteiger partial charge on any atom is -0.360 e. The Morgan fingerprint density at radius 1 is 1.23 bits per heavy atom. The van der Waals surface area contributed by atoms with Gasteiger partial charge in [-0.15, -0.1) is 0 Å². The van der Waals surface area contributed by atoms with Gasteiger partial charge < -0.3 is 9.42 Å². The number of benzene rings is 1. The van der Waals surface area contributed by atoms with E-state index < -0.39 is 14.6 Å². The Balaban J connectivity index is 1.22. The summed E-state index contributed by atoms with van der Waals surface area (Å²) >= 11 is 0. The van der Waals surface area contributed by atoms with Crippen LogP contribution < -0.4 is 0 Å². The van der Waals surface area contributed by atoms with Crippen LogP contribution in [0.4, 0.5) is 0 Å². The first-order valence-corrected chi connectivity index (χ1v) is 13.4. The molecule has 0 saturated heterocycles. The van der Waals surface area contributed by atoms with Crippen molar-refractivity contribution in [2.24, 2.45) is 7.05 Å². The van der Waals surface area contributed by atoms with Crippen LogP contribution in [0.1, 0.15) is 58.6 Å². The first kappa shape index (κ1) is 22.0. The van der Waals surface area contributed by atoms with Crippen LogP contribution in [0.2, 0.25) is 0 Å². The number of aryl methyl sites for hydroxylation is 1. The molecular formula is C25H25N5O4S. The van der Waals surface area contributed by atoms with Crippen molar-refractivity contribution in [3.8, 4) is 17.5 Å². The topological polar surface area (TPSA) is 122 Å². The zero-order valence-corrected chi connectivity index (χ0v) is 20.2. The molecule has 3 aliphatic rings. The van der Waals surface area contributed by atoms with E-state index in [4.69, 9.17) is 9.78 Å². The summed E-state index contributed by atoms with van der Waals surface area (Å²) in [5, 5.41) is 17.5. The van der Waals surface area contributed by atoms with Crippen molar-refractivity contribution in [3.05, 3.63) is 58.5 Å². The van der Waals surface area contributed by atoms with Gasteiger partial charge in [0.1, 0.15) is 22.8 Å². The lowest BCUT2D eigenvalue weighted by Gasteiger charge is -2.31. The standard InChI is InChI=1S/C25H25N5O4S/c1-29-23-20(8-11-30(24(23)31)15-25(9-10-25)35(32,33)19-6-7-19)22(27-29)21-13-18(34-28-21)12-16-2-4-17(14-26)5-3-16/h2-5,13,19H,6-12,15H2,1H3. The highest BCUT2D eigenvalue weighted by atomic mass is 32.2. The SMILES string of the molecule is Cn1nc(-c2cc(Cc3ccc(C#N)cc3)on2)c2c1C(=O)N(CC1(S(=O)(=O)C3CC3)CC1)CC2. The molecule has 180 valence electrons. The van der Waals surface area contributed by atoms with Gasteiger partial charge in [-0.25, -0.2) is 8.42 Å². The summed E-state index contributed by atoms with van der Waals surface area (Å²) in [5.41, 5.74) is 4.10. The van der Waals surface area contributed by atoms with Gasteiger partial charge in [-0.3, -0.25) is 9.48 Å². The lowest BCUT2D eigenvalue weighted by Crippen LogP contribution is -2.46. The van der Waals surface area contributed by atoms with Crippen molar-refractivity contribution >= 4 is 15.7 Å². The number of amides is 1. The highest BCUT2D eigenvalue weighted by molar-refractivity contribution is 7.94. The number of carbonyl (C=O) groups is 1. The Bertz CT molecular complexity index is 1470. The molecule has 6 rings (SSSR count). The average molecular weight is 492 g/mol. The summed E-state index contributed by atoms with van der Waals surface area (Å²) in [6.45, 7) is 0.728. The number of aromatic nitrogens is 3. The molecule has 2 saturated carbocycles. The second-order valence-corrected chi connectivity index (χ2v) is 12.5. The van der Waals surface area contributed by atoms with Crippen molar-refractivity contribution in [2.75, 3.05) is 13.1 Å². The molecule has 0 spiro atoms. The normalized spacial score (nSPS) is 18.9. The van der Waals surface area contributed by atoms with Crippen LogP contribution in [-0.2, 0) is 29.7 Å². The molecule has 0 N–H and O–H groups in total. The summed E-state index contributed by atoms with van der Waals surface area (Å²) in [6, 6.07) is 11.2. The molecule has 10 heteroatoms. The van der Waals surface area contributed by atoms with Crippen LogP contribution in [0.5, 0.6) is 0 Å². The van der Waals surface area contributed by atoms with E-state index >= 15 is 0 Å². The maximum atomic E-state index is 13.4. The fraction of sp³-hybridized carbons (Fsp3) is 0.440. The van der Waals surface area contributed by atoms with Gasteiger partial charge in [0, 0.05) is 38.2 Å². The molecule has 0 radical (unpaired) electrons. The fourth-order valence-corrected chi connectivity index (χ4v) is 7.56. The molecule has 9 nitrogen and oxygen atoms in total. The predicted octanol–water partition coefficient (Wildman–Crippen LogP) is 2.65. The van der Waals surface area contributed by atoms with Gasteiger partial charge in [-0.1, -0.05) is 17.3 Å². The van der Waals surface area contributed by atoms with Crippen LogP contribution in [0.25, 0.3) is 11.4 Å². The Labute approximate surface area is 203 Å². The number of rotatable bonds is 7. The van der Waals surface area contributed by atoms with E-state index in [0.29, 0.717) is 60.6 Å². The minimum absolute atomic E-state index is 0.175. The van der Waals surface area contributed by atoms with Crippen LogP contribution in [0.3, 0.4) is 0 Å². The third-order valence-corrected chi connectivity index (χ3v) is 10.5. The Morgan fingerprint density at radius 3 is 2.63 bits per heavy atom. The van der Waals surface area contributed by atoms with Gasteiger partial charge in [0.25, 0.3) is 5.91 Å². The molecular weight excluding hydrogens is 466 g/mol. The molecule has 0 atom stereocenters. The largest absolute Gasteiger partial charge is 0.360 e. The first-order valence-electron chi connectivity index (χ1n) is 11.8. The highest BCUT2D eigenvalue weighted by Crippen LogP contribution is 2.51. The second kappa shape index (κ2) is 7.78. The summed E-state index contributed by atoms with van der Waals surface area (Å²) in [5.74, 6) is 0.486. The Hall–Kier alpha value is -3.45. The molecule has 1 amide bonds. The smallest absolute Gasteiger partial charge is 0.272 e. The molecule has 0 bridgehead atoms. The van der Waals surface area contributed by atoms with E-state index in [-0.39, 0.29) is 17.7 Å². The molecule has 3 aromatic rings. The van der Waals surface area contributed by atoms with Gasteiger partial charge in [0.15, 0.2) is 9.84 Å². The summed E-state index contributed by atoms with van der Waals surface area (Å²) in [6.07, 6.45) is 3.88. The third kappa shape index (κ3) is 3.65. The van der Waals surface area contributed by atoms with Crippen molar-refractivity contribution in [3.63, 3.8) is 0 Å². The van der Waals surface area contributed by atoms with E-state index in [1.807, 2.05) is 18.2 Å². The lowest BCUT2D eigenvalue weighted by molar-refractivity contribution is 0.0724. The molecule has 1 aromatic carbocycles. The molecule has 1 aliphatic heterocycles. The quantitative estimate of drug-likeness (QED) is 0.498. The van der Waals surface area contributed by atoms with Crippen molar-refractivity contribution < 1.29 is 17.7 Å². The average Bonchev–Trinajstić information content (AvgIpc) is 3.77. The number of nitrogens with zero attached hydrogens (tertiary/aromatic N) is 5. The van der Waals surface area contributed by atoms with Gasteiger partial charge >= 0.3 is 0 Å². The van der Waals surface area contributed by atoms with Crippen molar-refractivity contribution in [1.29, 1.82) is 5.26 Å². The number of nitriles is 1. The minimum atomic E-state index is -3.18. The first-order chi connectivity index (χ1) is 16.8. The van der Waals surface area contributed by atoms with Crippen molar-refractivity contribution in [2.45, 2.75) is 48.5 Å². The molecule has 35 heavy (non-hydrogen) atoms. The van der Waals surface area contributed by atoms with Crippen LogP contribution in [-0.4, -0.2) is 57.2 Å². The monoisotopic (exact) mass is 491 g/mol. The zero-order chi connectivity index (χ0) is 24.4. The number of hydrogen-bond acceptors (Lipinski definition) is 7. The molecule has 2 aliphatic carbocycles. The van der Waals surface area contributed by atoms with Gasteiger partial charge in [-0.2, -0.15) is 10.4 Å². The van der Waals surface area contributed by atoms with Crippen LogP contribution >= 0.6 is 0 Å². The van der Waals surface area contributed by atoms with Gasteiger partial charge in [0.05, 0.1) is 21.6 Å². The third-order valence-electron chi connectivity index (χ3n) is 7.38. The van der Waals surface area contributed by atoms with Crippen molar-refractivity contribution in [1.82, 2.24) is 19.8 Å². The van der Waals surface area contributed by atoms with E-state index in [0.717, 1.165) is 24.0 Å². The Morgan fingerprint density at radius 2 is 1.97 bits per heavy atom.